The van der Waals surface area contributed by atoms with Crippen molar-refractivity contribution in [3.63, 3.8) is 0 Å². The van der Waals surface area contributed by atoms with E-state index in [4.69, 9.17) is 18.9 Å². The molecule has 0 aromatic heterocycles. The number of hydrogen-bond acceptors (Lipinski definition) is 8. The van der Waals surface area contributed by atoms with Gasteiger partial charge in [0.1, 0.15) is 11.5 Å². The van der Waals surface area contributed by atoms with Gasteiger partial charge in [-0.3, -0.25) is 9.59 Å². The first kappa shape index (κ1) is 41.5. The number of ether oxygens (including phenoxy) is 4. The summed E-state index contributed by atoms with van der Waals surface area (Å²) in [4.78, 5) is 34.9. The highest BCUT2D eigenvalue weighted by Crippen LogP contribution is 2.39. The lowest BCUT2D eigenvalue weighted by Crippen LogP contribution is -2.54. The minimum absolute atomic E-state index is 0.168. The average Bonchev–Trinajstić information content (AvgIpc) is 3.93. The van der Waals surface area contributed by atoms with Crippen molar-refractivity contribution in [3.8, 4) is 11.5 Å². The van der Waals surface area contributed by atoms with Crippen LogP contribution in [0.4, 0.5) is 0 Å². The van der Waals surface area contributed by atoms with Crippen molar-refractivity contribution in [1.29, 1.82) is 0 Å². The van der Waals surface area contributed by atoms with Gasteiger partial charge in [-0.25, -0.2) is 0 Å². The maximum atomic E-state index is 13.2. The molecular weight excluding hydrogens is 693 g/mol. The van der Waals surface area contributed by atoms with E-state index < -0.39 is 10.8 Å². The van der Waals surface area contributed by atoms with Crippen LogP contribution in [0.5, 0.6) is 11.5 Å². The molecule has 0 saturated carbocycles. The standard InChI is InChI=1S/C23H34N2O3.C22H34N2O3/c26-22(25-15-5-16-25)23(10-18-27-19-11-23)20-6-8-21(9-7-20)28-17-4-3-14-24-12-1-2-13-24;1-23(2)21(25)22(11-17-26-18-12-22)19-7-9-20(10-8-19)27-16-6-5-15-24-13-3-4-14-24/h6-9H,1-5,10-19H2;7-10H,3-6,11-18H2,1-2H3. The SMILES string of the molecule is CN(C)C(=O)C1(c2ccc(OCCCCN3CCCC3)cc2)CCOCC1.O=C(N1CCC1)C1(c2ccc(OCCCCN3CCCC3)cc2)CCOCC1. The predicted molar refractivity (Wildman–Crippen MR) is 217 cm³/mol. The molecule has 10 heteroatoms. The van der Waals surface area contributed by atoms with E-state index in [1.165, 1.54) is 77.8 Å². The average molecular weight is 761 g/mol. The van der Waals surface area contributed by atoms with Crippen molar-refractivity contribution >= 4 is 11.8 Å². The summed E-state index contributed by atoms with van der Waals surface area (Å²) in [6.45, 7) is 13.4. The van der Waals surface area contributed by atoms with Crippen LogP contribution in [0.3, 0.4) is 0 Å². The van der Waals surface area contributed by atoms with E-state index in [1.54, 1.807) is 4.90 Å². The van der Waals surface area contributed by atoms with E-state index in [0.717, 1.165) is 93.9 Å². The van der Waals surface area contributed by atoms with Gasteiger partial charge in [-0.1, -0.05) is 24.3 Å². The number of carbonyl (C=O) groups is 2. The minimum Gasteiger partial charge on any atom is -0.494 e. The third-order valence-corrected chi connectivity index (χ3v) is 12.5. The van der Waals surface area contributed by atoms with Crippen LogP contribution < -0.4 is 9.47 Å². The zero-order valence-electron chi connectivity index (χ0n) is 33.9. The van der Waals surface area contributed by atoms with E-state index in [1.807, 2.05) is 43.3 Å². The maximum Gasteiger partial charge on any atom is 0.233 e. The molecule has 5 heterocycles. The first-order valence-electron chi connectivity index (χ1n) is 21.5. The Labute approximate surface area is 330 Å². The first-order chi connectivity index (χ1) is 26.9. The van der Waals surface area contributed by atoms with Crippen molar-refractivity contribution in [3.05, 3.63) is 59.7 Å². The Bertz CT molecular complexity index is 1440. The second kappa shape index (κ2) is 20.8. The highest BCUT2D eigenvalue weighted by Gasteiger charge is 2.45. The molecule has 5 saturated heterocycles. The van der Waals surface area contributed by atoms with Gasteiger partial charge in [0, 0.05) is 53.6 Å². The lowest BCUT2D eigenvalue weighted by Gasteiger charge is -2.43. The molecule has 5 fully saturated rings. The summed E-state index contributed by atoms with van der Waals surface area (Å²) in [6.07, 6.45) is 14.1. The molecule has 5 aliphatic rings. The van der Waals surface area contributed by atoms with Gasteiger partial charge in [0.15, 0.2) is 0 Å². The Balaban J connectivity index is 0.000000187. The van der Waals surface area contributed by atoms with Gasteiger partial charge >= 0.3 is 0 Å². The maximum absolute atomic E-state index is 13.2. The van der Waals surface area contributed by atoms with Crippen molar-refractivity contribution in [1.82, 2.24) is 19.6 Å². The second-order valence-electron chi connectivity index (χ2n) is 16.5. The van der Waals surface area contributed by atoms with Crippen LogP contribution in [-0.2, 0) is 29.9 Å². The molecule has 0 N–H and O–H groups in total. The molecule has 0 aliphatic carbocycles. The molecule has 0 bridgehead atoms. The Morgan fingerprint density at radius 2 is 1.00 bits per heavy atom. The zero-order chi connectivity index (χ0) is 38.4. The summed E-state index contributed by atoms with van der Waals surface area (Å²) < 4.78 is 22.9. The smallest absolute Gasteiger partial charge is 0.233 e. The number of benzene rings is 2. The Kier molecular flexibility index (Phi) is 15.7. The highest BCUT2D eigenvalue weighted by atomic mass is 16.5. The summed E-state index contributed by atoms with van der Waals surface area (Å²) in [5, 5.41) is 0. The van der Waals surface area contributed by atoms with Crippen LogP contribution in [0.2, 0.25) is 0 Å². The Morgan fingerprint density at radius 1 is 0.582 bits per heavy atom. The van der Waals surface area contributed by atoms with E-state index in [9.17, 15) is 9.59 Å². The fourth-order valence-electron chi connectivity index (χ4n) is 8.95. The molecule has 0 spiro atoms. The van der Waals surface area contributed by atoms with Gasteiger partial charge in [0.05, 0.1) is 24.0 Å². The predicted octanol–water partition coefficient (Wildman–Crippen LogP) is 6.30. The molecule has 5 aliphatic heterocycles. The summed E-state index contributed by atoms with van der Waals surface area (Å²) in [5.41, 5.74) is 1.32. The lowest BCUT2D eigenvalue weighted by molar-refractivity contribution is -0.145. The molecule has 2 amide bonds. The number of unbranched alkanes of at least 4 members (excludes halogenated alkanes) is 2. The molecule has 304 valence electrons. The fourth-order valence-corrected chi connectivity index (χ4v) is 8.95. The molecule has 0 radical (unpaired) electrons. The van der Waals surface area contributed by atoms with Gasteiger partial charge in [0.2, 0.25) is 11.8 Å². The van der Waals surface area contributed by atoms with E-state index in [-0.39, 0.29) is 11.8 Å². The molecule has 2 aromatic carbocycles. The summed E-state index contributed by atoms with van der Waals surface area (Å²) >= 11 is 0. The van der Waals surface area contributed by atoms with Crippen LogP contribution in [0, 0.1) is 0 Å². The van der Waals surface area contributed by atoms with Crippen molar-refractivity contribution < 1.29 is 28.5 Å². The lowest BCUT2D eigenvalue weighted by atomic mass is 9.72. The number of likely N-dealkylation sites (tertiary alicyclic amines) is 3. The fraction of sp³-hybridized carbons (Fsp3) is 0.689. The van der Waals surface area contributed by atoms with E-state index in [0.29, 0.717) is 26.4 Å². The molecule has 10 nitrogen and oxygen atoms in total. The van der Waals surface area contributed by atoms with Crippen molar-refractivity contribution in [2.75, 3.05) is 106 Å². The van der Waals surface area contributed by atoms with Crippen molar-refractivity contribution in [2.24, 2.45) is 0 Å². The number of hydrogen-bond donors (Lipinski definition) is 0. The van der Waals surface area contributed by atoms with Crippen LogP contribution in [0.1, 0.15) is 94.6 Å². The van der Waals surface area contributed by atoms with Crippen molar-refractivity contribution in [2.45, 2.75) is 94.3 Å². The topological polar surface area (TPSA) is 84.0 Å². The Hall–Kier alpha value is -3.18. The Morgan fingerprint density at radius 3 is 1.40 bits per heavy atom. The first-order valence-corrected chi connectivity index (χ1v) is 21.5. The molecule has 2 aromatic rings. The second-order valence-corrected chi connectivity index (χ2v) is 16.5. The minimum atomic E-state index is -0.462. The van der Waals surface area contributed by atoms with Gasteiger partial charge in [0.25, 0.3) is 0 Å². The summed E-state index contributed by atoms with van der Waals surface area (Å²) in [7, 11) is 3.67. The molecular formula is C45H68N4O6. The monoisotopic (exact) mass is 761 g/mol. The van der Waals surface area contributed by atoms with Gasteiger partial charge in [-0.2, -0.15) is 0 Å². The van der Waals surface area contributed by atoms with Gasteiger partial charge in [-0.05, 0) is 158 Å². The van der Waals surface area contributed by atoms with Crippen LogP contribution in [-0.4, -0.2) is 138 Å². The third kappa shape index (κ3) is 11.0. The number of likely N-dealkylation sites (N-methyl/N-ethyl adjacent to an activating group) is 1. The number of carbonyl (C=O) groups excluding carboxylic acids is 2. The number of amides is 2. The quantitative estimate of drug-likeness (QED) is 0.185. The number of nitrogens with zero attached hydrogens (tertiary/aromatic N) is 4. The summed E-state index contributed by atoms with van der Waals surface area (Å²) in [6, 6.07) is 16.4. The normalized spacial score (nSPS) is 20.9. The molecule has 7 rings (SSSR count). The van der Waals surface area contributed by atoms with Gasteiger partial charge < -0.3 is 38.5 Å². The van der Waals surface area contributed by atoms with E-state index >= 15 is 0 Å². The molecule has 0 atom stereocenters. The largest absolute Gasteiger partial charge is 0.494 e. The van der Waals surface area contributed by atoms with Crippen LogP contribution in [0.15, 0.2) is 48.5 Å². The van der Waals surface area contributed by atoms with Crippen LogP contribution in [0.25, 0.3) is 0 Å². The number of rotatable bonds is 16. The van der Waals surface area contributed by atoms with E-state index in [2.05, 4.69) is 34.1 Å². The third-order valence-electron chi connectivity index (χ3n) is 12.5. The molecule has 55 heavy (non-hydrogen) atoms. The zero-order valence-corrected chi connectivity index (χ0v) is 33.9. The van der Waals surface area contributed by atoms with Crippen LogP contribution >= 0.6 is 0 Å². The summed E-state index contributed by atoms with van der Waals surface area (Å²) in [5.74, 6) is 2.25. The highest BCUT2D eigenvalue weighted by molar-refractivity contribution is 5.89. The molecule has 0 unspecified atom stereocenters. The van der Waals surface area contributed by atoms with Gasteiger partial charge in [-0.15, -0.1) is 0 Å².